The summed E-state index contributed by atoms with van der Waals surface area (Å²) in [4.78, 5) is 0.293. The Bertz CT molecular complexity index is 591. The Hall–Kier alpha value is -0.845. The topological polar surface area (TPSA) is 52.6 Å². The van der Waals surface area contributed by atoms with E-state index >= 15 is 0 Å². The van der Waals surface area contributed by atoms with Gasteiger partial charge in [0.1, 0.15) is 0 Å². The lowest BCUT2D eigenvalue weighted by Gasteiger charge is -2.32. The van der Waals surface area contributed by atoms with Crippen LogP contribution in [0.15, 0.2) is 29.2 Å². The van der Waals surface area contributed by atoms with E-state index < -0.39 is 28.2 Å². The molecule has 20 heavy (non-hydrogen) atoms. The lowest BCUT2D eigenvalue weighted by atomic mass is 9.79. The van der Waals surface area contributed by atoms with Gasteiger partial charge in [-0.15, -0.1) is 0 Å². The molecule has 0 unspecified atom stereocenters. The average Bonchev–Trinajstić information content (AvgIpc) is 2.58. The summed E-state index contributed by atoms with van der Waals surface area (Å²) in [6.07, 6.45) is 0. The van der Waals surface area contributed by atoms with Crippen LogP contribution in [0.4, 0.5) is 0 Å². The summed E-state index contributed by atoms with van der Waals surface area (Å²) < 4.78 is 36.3. The molecule has 2 rings (SSSR count). The van der Waals surface area contributed by atoms with Crippen molar-refractivity contribution in [3.8, 4) is 0 Å². The third kappa shape index (κ3) is 2.52. The van der Waals surface area contributed by atoms with Crippen molar-refractivity contribution in [2.75, 3.05) is 5.75 Å². The third-order valence-electron chi connectivity index (χ3n) is 4.14. The van der Waals surface area contributed by atoms with Gasteiger partial charge in [-0.2, -0.15) is 0 Å². The first kappa shape index (κ1) is 15.5. The molecule has 0 spiro atoms. The number of sulfone groups is 1. The maximum absolute atomic E-state index is 12.2. The molecular formula is C14H21BO4S. The Labute approximate surface area is 121 Å². The Kier molecular flexibility index (Phi) is 3.78. The summed E-state index contributed by atoms with van der Waals surface area (Å²) in [6, 6.07) is 6.89. The lowest BCUT2D eigenvalue weighted by Crippen LogP contribution is -2.41. The van der Waals surface area contributed by atoms with E-state index in [9.17, 15) is 8.42 Å². The lowest BCUT2D eigenvalue weighted by molar-refractivity contribution is 0.00578. The second-order valence-corrected chi connectivity index (χ2v) is 8.28. The maximum Gasteiger partial charge on any atom is 0.496 e. The Balaban J connectivity index is 2.47. The van der Waals surface area contributed by atoms with Gasteiger partial charge in [0.2, 0.25) is 0 Å². The number of hydrogen-bond acceptors (Lipinski definition) is 4. The quantitative estimate of drug-likeness (QED) is 0.798. The molecular weight excluding hydrogens is 275 g/mol. The van der Waals surface area contributed by atoms with Crippen LogP contribution >= 0.6 is 0 Å². The van der Waals surface area contributed by atoms with Crippen LogP contribution in [0.3, 0.4) is 0 Å². The molecule has 0 saturated carbocycles. The maximum atomic E-state index is 12.2. The fourth-order valence-electron chi connectivity index (χ4n) is 2.08. The minimum absolute atomic E-state index is 0.0590. The first-order chi connectivity index (χ1) is 9.11. The van der Waals surface area contributed by atoms with Crippen molar-refractivity contribution < 1.29 is 17.7 Å². The van der Waals surface area contributed by atoms with Crippen LogP contribution < -0.4 is 5.46 Å². The molecule has 4 nitrogen and oxygen atoms in total. The molecule has 0 radical (unpaired) electrons. The van der Waals surface area contributed by atoms with Gasteiger partial charge in [0.15, 0.2) is 9.84 Å². The molecule has 110 valence electrons. The molecule has 1 fully saturated rings. The van der Waals surface area contributed by atoms with Gasteiger partial charge in [-0.3, -0.25) is 0 Å². The summed E-state index contributed by atoms with van der Waals surface area (Å²) in [5.74, 6) is 0.0590. The van der Waals surface area contributed by atoms with E-state index in [-0.39, 0.29) is 5.75 Å². The van der Waals surface area contributed by atoms with Crippen molar-refractivity contribution in [1.29, 1.82) is 0 Å². The van der Waals surface area contributed by atoms with Gasteiger partial charge in [-0.05, 0) is 33.8 Å². The summed E-state index contributed by atoms with van der Waals surface area (Å²) in [7, 11) is -3.96. The third-order valence-corrected chi connectivity index (χ3v) is 5.94. The van der Waals surface area contributed by atoms with Crippen molar-refractivity contribution in [2.24, 2.45) is 0 Å². The Morgan fingerprint density at radius 3 is 2.05 bits per heavy atom. The molecule has 0 amide bonds. The highest BCUT2D eigenvalue weighted by Crippen LogP contribution is 2.36. The smallest absolute Gasteiger partial charge is 0.399 e. The fraction of sp³-hybridized carbons (Fsp3) is 0.571. The van der Waals surface area contributed by atoms with Crippen LogP contribution in [-0.4, -0.2) is 32.5 Å². The van der Waals surface area contributed by atoms with Crippen molar-refractivity contribution in [3.63, 3.8) is 0 Å². The number of benzene rings is 1. The first-order valence-electron chi connectivity index (χ1n) is 6.78. The molecule has 0 N–H and O–H groups in total. The molecule has 0 atom stereocenters. The minimum Gasteiger partial charge on any atom is -0.399 e. The first-order valence-corrected chi connectivity index (χ1v) is 8.43. The normalized spacial score (nSPS) is 21.1. The Morgan fingerprint density at radius 1 is 1.05 bits per heavy atom. The van der Waals surface area contributed by atoms with Crippen molar-refractivity contribution in [2.45, 2.75) is 50.7 Å². The predicted octanol–water partition coefficient (Wildman–Crippen LogP) is 1.78. The zero-order chi connectivity index (χ0) is 15.2. The van der Waals surface area contributed by atoms with Crippen LogP contribution in [0, 0.1) is 0 Å². The van der Waals surface area contributed by atoms with E-state index in [4.69, 9.17) is 9.31 Å². The van der Waals surface area contributed by atoms with Crippen molar-refractivity contribution in [1.82, 2.24) is 0 Å². The van der Waals surface area contributed by atoms with Crippen LogP contribution in [0.1, 0.15) is 34.6 Å². The SMILES string of the molecule is CCS(=O)(=O)c1ccccc1B1OC(C)(C)C(C)(C)O1. The van der Waals surface area contributed by atoms with Crippen molar-refractivity contribution in [3.05, 3.63) is 24.3 Å². The van der Waals surface area contributed by atoms with Crippen LogP contribution in [-0.2, 0) is 19.1 Å². The highest BCUT2D eigenvalue weighted by Gasteiger charge is 2.52. The predicted molar refractivity (Wildman–Crippen MR) is 79.9 cm³/mol. The van der Waals surface area contributed by atoms with Gasteiger partial charge in [0, 0.05) is 5.46 Å². The van der Waals surface area contributed by atoms with E-state index in [0.29, 0.717) is 10.4 Å². The van der Waals surface area contributed by atoms with Crippen LogP contribution in [0.25, 0.3) is 0 Å². The van der Waals surface area contributed by atoms with Gasteiger partial charge >= 0.3 is 7.12 Å². The second-order valence-electron chi connectivity index (χ2n) is 6.03. The van der Waals surface area contributed by atoms with E-state index in [2.05, 4.69) is 0 Å². The summed E-state index contributed by atoms with van der Waals surface area (Å²) >= 11 is 0. The molecule has 0 aliphatic carbocycles. The van der Waals surface area contributed by atoms with E-state index in [1.807, 2.05) is 27.7 Å². The number of rotatable bonds is 3. The number of hydrogen-bond donors (Lipinski definition) is 0. The largest absolute Gasteiger partial charge is 0.496 e. The zero-order valence-corrected chi connectivity index (χ0v) is 13.5. The van der Waals surface area contributed by atoms with Crippen LogP contribution in [0.5, 0.6) is 0 Å². The summed E-state index contributed by atoms with van der Waals surface area (Å²) in [6.45, 7) is 9.43. The Morgan fingerprint density at radius 2 is 1.55 bits per heavy atom. The van der Waals surface area contributed by atoms with Gasteiger partial charge in [0.05, 0.1) is 21.9 Å². The highest BCUT2D eigenvalue weighted by molar-refractivity contribution is 7.91. The van der Waals surface area contributed by atoms with Gasteiger partial charge in [-0.25, -0.2) is 8.42 Å². The molecule has 0 aromatic heterocycles. The van der Waals surface area contributed by atoms with Gasteiger partial charge in [0.25, 0.3) is 0 Å². The fourth-order valence-corrected chi connectivity index (χ4v) is 3.20. The summed E-state index contributed by atoms with van der Waals surface area (Å²) in [5.41, 5.74) is -0.394. The van der Waals surface area contributed by atoms with Gasteiger partial charge < -0.3 is 9.31 Å². The monoisotopic (exact) mass is 296 g/mol. The molecule has 1 aliphatic heterocycles. The minimum atomic E-state index is -3.30. The second kappa shape index (κ2) is 4.86. The zero-order valence-electron chi connectivity index (χ0n) is 12.6. The molecule has 1 aromatic rings. The molecule has 1 aromatic carbocycles. The molecule has 1 aliphatic rings. The molecule has 1 saturated heterocycles. The summed E-state index contributed by atoms with van der Waals surface area (Å²) in [5, 5.41) is 0. The van der Waals surface area contributed by atoms with E-state index in [1.54, 1.807) is 31.2 Å². The van der Waals surface area contributed by atoms with E-state index in [0.717, 1.165) is 0 Å². The standard InChI is InChI=1S/C14H21BO4S/c1-6-20(16,17)12-10-8-7-9-11(12)15-18-13(2,3)14(4,5)19-15/h7-10H,6H2,1-5H3. The van der Waals surface area contributed by atoms with Gasteiger partial charge in [-0.1, -0.05) is 25.1 Å². The van der Waals surface area contributed by atoms with Crippen molar-refractivity contribution >= 4 is 22.4 Å². The molecule has 0 bridgehead atoms. The molecule has 6 heteroatoms. The average molecular weight is 296 g/mol. The molecule has 1 heterocycles. The van der Waals surface area contributed by atoms with Crippen LogP contribution in [0.2, 0.25) is 0 Å². The highest BCUT2D eigenvalue weighted by atomic mass is 32.2. The van der Waals surface area contributed by atoms with E-state index in [1.165, 1.54) is 0 Å².